The van der Waals surface area contributed by atoms with Gasteiger partial charge < -0.3 is 15.6 Å². The minimum Gasteiger partial charge on any atom is -0.348 e. The molecule has 2 amide bonds. The second kappa shape index (κ2) is 5.90. The lowest BCUT2D eigenvalue weighted by Gasteiger charge is -2.29. The van der Waals surface area contributed by atoms with Gasteiger partial charge in [0.1, 0.15) is 12.1 Å². The maximum atomic E-state index is 11.9. The van der Waals surface area contributed by atoms with E-state index in [1.165, 1.54) is 0 Å². The lowest BCUT2D eigenvalue weighted by Crippen LogP contribution is -2.62. The number of carbonyl (C=O) groups is 2. The Hall–Kier alpha value is -1.50. The van der Waals surface area contributed by atoms with Crippen molar-refractivity contribution in [1.29, 1.82) is 0 Å². The molecule has 1 fully saturated rings. The Morgan fingerprint density at radius 3 is 2.67 bits per heavy atom. The van der Waals surface area contributed by atoms with E-state index in [-0.39, 0.29) is 11.8 Å². The second-order valence-electron chi connectivity index (χ2n) is 4.18. The fourth-order valence-electron chi connectivity index (χ4n) is 1.87. The van der Waals surface area contributed by atoms with Crippen molar-refractivity contribution in [1.82, 2.24) is 20.6 Å². The number of nitrogens with one attached hydrogen (secondary N) is 3. The molecular formula is C11H16N4O2S. The van der Waals surface area contributed by atoms with Crippen LogP contribution in [0.15, 0.2) is 12.5 Å². The van der Waals surface area contributed by atoms with Crippen molar-refractivity contribution in [3.8, 4) is 0 Å². The SMILES string of the molecule is CSCCC1NC(=O)C(Cc2cnc[nH]2)NC1=O. The number of rotatable bonds is 5. The molecule has 98 valence electrons. The van der Waals surface area contributed by atoms with Crippen molar-refractivity contribution in [2.45, 2.75) is 24.9 Å². The first-order valence-electron chi connectivity index (χ1n) is 5.77. The van der Waals surface area contributed by atoms with Crippen LogP contribution in [-0.2, 0) is 16.0 Å². The van der Waals surface area contributed by atoms with E-state index in [1.807, 2.05) is 6.26 Å². The molecule has 7 heteroatoms. The van der Waals surface area contributed by atoms with Gasteiger partial charge in [-0.1, -0.05) is 0 Å². The maximum Gasteiger partial charge on any atom is 0.243 e. The van der Waals surface area contributed by atoms with Crippen LogP contribution in [0.5, 0.6) is 0 Å². The highest BCUT2D eigenvalue weighted by atomic mass is 32.2. The topological polar surface area (TPSA) is 86.9 Å². The van der Waals surface area contributed by atoms with Crippen LogP contribution in [0.1, 0.15) is 12.1 Å². The van der Waals surface area contributed by atoms with Crippen LogP contribution in [0, 0.1) is 0 Å². The fraction of sp³-hybridized carbons (Fsp3) is 0.545. The molecule has 1 aliphatic heterocycles. The van der Waals surface area contributed by atoms with Crippen molar-refractivity contribution in [2.24, 2.45) is 0 Å². The first-order valence-corrected chi connectivity index (χ1v) is 7.17. The Bertz CT molecular complexity index is 421. The summed E-state index contributed by atoms with van der Waals surface area (Å²) in [6.45, 7) is 0. The Labute approximate surface area is 109 Å². The van der Waals surface area contributed by atoms with Gasteiger partial charge in [-0.2, -0.15) is 11.8 Å². The monoisotopic (exact) mass is 268 g/mol. The normalized spacial score (nSPS) is 23.6. The smallest absolute Gasteiger partial charge is 0.243 e. The third kappa shape index (κ3) is 3.04. The van der Waals surface area contributed by atoms with Gasteiger partial charge in [-0.3, -0.25) is 9.59 Å². The molecule has 18 heavy (non-hydrogen) atoms. The molecule has 0 saturated carbocycles. The van der Waals surface area contributed by atoms with E-state index >= 15 is 0 Å². The van der Waals surface area contributed by atoms with Gasteiger partial charge in [-0.05, 0) is 18.4 Å². The van der Waals surface area contributed by atoms with E-state index in [0.29, 0.717) is 12.8 Å². The molecule has 0 radical (unpaired) electrons. The average Bonchev–Trinajstić information content (AvgIpc) is 2.84. The number of hydrogen-bond acceptors (Lipinski definition) is 4. The number of nitrogens with zero attached hydrogens (tertiary/aromatic N) is 1. The summed E-state index contributed by atoms with van der Waals surface area (Å²) in [5.74, 6) is 0.618. The molecule has 3 N–H and O–H groups in total. The van der Waals surface area contributed by atoms with Crippen molar-refractivity contribution < 1.29 is 9.59 Å². The maximum absolute atomic E-state index is 11.9. The predicted octanol–water partition coefficient (Wildman–Crippen LogP) is -0.311. The molecule has 0 aliphatic carbocycles. The lowest BCUT2D eigenvalue weighted by molar-refractivity contribution is -0.136. The van der Waals surface area contributed by atoms with Crippen molar-refractivity contribution in [2.75, 3.05) is 12.0 Å². The van der Waals surface area contributed by atoms with Gasteiger partial charge >= 0.3 is 0 Å². The Kier molecular flexibility index (Phi) is 4.24. The van der Waals surface area contributed by atoms with Gasteiger partial charge in [0.05, 0.1) is 6.33 Å². The number of H-pyrrole nitrogens is 1. The molecule has 1 aromatic heterocycles. The highest BCUT2D eigenvalue weighted by Gasteiger charge is 2.33. The summed E-state index contributed by atoms with van der Waals surface area (Å²) >= 11 is 1.66. The summed E-state index contributed by atoms with van der Waals surface area (Å²) in [6, 6.07) is -0.911. The fourth-order valence-corrected chi connectivity index (χ4v) is 2.35. The van der Waals surface area contributed by atoms with E-state index in [2.05, 4.69) is 20.6 Å². The Balaban J connectivity index is 1.93. The van der Waals surface area contributed by atoms with E-state index in [1.54, 1.807) is 24.3 Å². The molecule has 0 spiro atoms. The van der Waals surface area contributed by atoms with Gasteiger partial charge in [-0.15, -0.1) is 0 Å². The standard InChI is InChI=1S/C11H16N4O2S/c1-18-3-2-8-10(16)15-9(11(17)14-8)4-7-5-12-6-13-7/h5-6,8-9H,2-4H2,1H3,(H,12,13)(H,14,17)(H,15,16). The molecule has 2 rings (SSSR count). The van der Waals surface area contributed by atoms with Gasteiger partial charge in [0.2, 0.25) is 11.8 Å². The van der Waals surface area contributed by atoms with E-state index in [4.69, 9.17) is 0 Å². The number of amides is 2. The highest BCUT2D eigenvalue weighted by molar-refractivity contribution is 7.98. The van der Waals surface area contributed by atoms with Gasteiger partial charge in [0.25, 0.3) is 0 Å². The van der Waals surface area contributed by atoms with Crippen LogP contribution >= 0.6 is 11.8 Å². The van der Waals surface area contributed by atoms with Gasteiger partial charge in [0, 0.05) is 18.3 Å². The van der Waals surface area contributed by atoms with Gasteiger partial charge in [0.15, 0.2) is 0 Å². The number of hydrogen-bond donors (Lipinski definition) is 3. The first kappa shape index (κ1) is 12.9. The molecule has 0 bridgehead atoms. The number of aromatic amines is 1. The Morgan fingerprint density at radius 2 is 2.00 bits per heavy atom. The summed E-state index contributed by atoms with van der Waals surface area (Å²) in [6.07, 6.45) is 6.28. The summed E-state index contributed by atoms with van der Waals surface area (Å²) in [4.78, 5) is 30.5. The van der Waals surface area contributed by atoms with Crippen LogP contribution in [0.2, 0.25) is 0 Å². The zero-order chi connectivity index (χ0) is 13.0. The van der Waals surface area contributed by atoms with Crippen LogP contribution < -0.4 is 10.6 Å². The van der Waals surface area contributed by atoms with Crippen molar-refractivity contribution in [3.63, 3.8) is 0 Å². The zero-order valence-corrected chi connectivity index (χ0v) is 10.9. The first-order chi connectivity index (χ1) is 8.70. The number of carbonyl (C=O) groups excluding carboxylic acids is 2. The molecular weight excluding hydrogens is 252 g/mol. The number of aromatic nitrogens is 2. The van der Waals surface area contributed by atoms with Crippen molar-refractivity contribution >= 4 is 23.6 Å². The van der Waals surface area contributed by atoms with Crippen LogP contribution in [0.3, 0.4) is 0 Å². The lowest BCUT2D eigenvalue weighted by atomic mass is 10.0. The van der Waals surface area contributed by atoms with E-state index in [0.717, 1.165) is 11.4 Å². The molecule has 2 heterocycles. The third-order valence-electron chi connectivity index (χ3n) is 2.86. The number of piperazine rings is 1. The molecule has 2 unspecified atom stereocenters. The minimum atomic E-state index is -0.511. The quantitative estimate of drug-likeness (QED) is 0.683. The van der Waals surface area contributed by atoms with Crippen LogP contribution in [0.4, 0.5) is 0 Å². The molecule has 6 nitrogen and oxygen atoms in total. The average molecular weight is 268 g/mol. The van der Waals surface area contributed by atoms with Gasteiger partial charge in [-0.25, -0.2) is 4.98 Å². The molecule has 1 aromatic rings. The molecule has 0 aromatic carbocycles. The summed E-state index contributed by atoms with van der Waals surface area (Å²) in [5, 5.41) is 5.52. The van der Waals surface area contributed by atoms with Crippen LogP contribution in [0.25, 0.3) is 0 Å². The van der Waals surface area contributed by atoms with E-state index < -0.39 is 12.1 Å². The zero-order valence-electron chi connectivity index (χ0n) is 10.1. The van der Waals surface area contributed by atoms with Crippen molar-refractivity contribution in [3.05, 3.63) is 18.2 Å². The second-order valence-corrected chi connectivity index (χ2v) is 5.17. The third-order valence-corrected chi connectivity index (χ3v) is 3.50. The predicted molar refractivity (Wildman–Crippen MR) is 69.2 cm³/mol. The number of thioether (sulfide) groups is 1. The van der Waals surface area contributed by atoms with Crippen LogP contribution in [-0.4, -0.2) is 45.9 Å². The molecule has 1 saturated heterocycles. The molecule has 2 atom stereocenters. The minimum absolute atomic E-state index is 0.104. The van der Waals surface area contributed by atoms with E-state index in [9.17, 15) is 9.59 Å². The number of imidazole rings is 1. The molecule has 1 aliphatic rings. The Morgan fingerprint density at radius 1 is 1.28 bits per heavy atom. The summed E-state index contributed by atoms with van der Waals surface area (Å²) in [5.41, 5.74) is 0.831. The highest BCUT2D eigenvalue weighted by Crippen LogP contribution is 2.08. The summed E-state index contributed by atoms with van der Waals surface area (Å²) in [7, 11) is 0. The summed E-state index contributed by atoms with van der Waals surface area (Å²) < 4.78 is 0. The largest absolute Gasteiger partial charge is 0.348 e.